The standard InChI is InChI=1S/C13H10Br2INO/c14-9-6-11(15)13(17-7-9)12(18)5-8-1-3-10(16)4-2-8/h1-4,6-7,12,18H,5H2. The molecule has 94 valence electrons. The van der Waals surface area contributed by atoms with Gasteiger partial charge in [0.15, 0.2) is 0 Å². The molecule has 0 bridgehead atoms. The Bertz CT molecular complexity index is 545. The molecule has 1 aromatic carbocycles. The molecule has 0 spiro atoms. The first-order valence-corrected chi connectivity index (χ1v) is 7.96. The summed E-state index contributed by atoms with van der Waals surface area (Å²) in [5.74, 6) is 0. The van der Waals surface area contributed by atoms with E-state index >= 15 is 0 Å². The summed E-state index contributed by atoms with van der Waals surface area (Å²) in [6.07, 6.45) is 1.65. The predicted molar refractivity (Wildman–Crippen MR) is 87.5 cm³/mol. The molecule has 0 saturated heterocycles. The number of aromatic nitrogens is 1. The van der Waals surface area contributed by atoms with Crippen LogP contribution in [0.1, 0.15) is 17.4 Å². The molecule has 0 amide bonds. The van der Waals surface area contributed by atoms with E-state index in [0.717, 1.165) is 14.5 Å². The van der Waals surface area contributed by atoms with Gasteiger partial charge in [-0.1, -0.05) is 12.1 Å². The number of hydrogen-bond acceptors (Lipinski definition) is 2. The summed E-state index contributed by atoms with van der Waals surface area (Å²) < 4.78 is 2.89. The number of pyridine rings is 1. The molecule has 0 aliphatic heterocycles. The van der Waals surface area contributed by atoms with Crippen molar-refractivity contribution in [2.75, 3.05) is 0 Å². The number of halogens is 3. The highest BCUT2D eigenvalue weighted by Crippen LogP contribution is 2.26. The zero-order valence-corrected chi connectivity index (χ0v) is 14.6. The van der Waals surface area contributed by atoms with Crippen LogP contribution in [0.15, 0.2) is 45.5 Å². The molecule has 0 saturated carbocycles. The van der Waals surface area contributed by atoms with E-state index in [1.807, 2.05) is 30.3 Å². The minimum atomic E-state index is -0.604. The lowest BCUT2D eigenvalue weighted by atomic mass is 10.1. The summed E-state index contributed by atoms with van der Waals surface area (Å²) in [6, 6.07) is 10.0. The first-order valence-electron chi connectivity index (χ1n) is 5.29. The van der Waals surface area contributed by atoms with Crippen molar-refractivity contribution in [3.05, 3.63) is 60.3 Å². The van der Waals surface area contributed by atoms with Crippen molar-refractivity contribution in [2.45, 2.75) is 12.5 Å². The normalized spacial score (nSPS) is 12.4. The van der Waals surface area contributed by atoms with Gasteiger partial charge in [0, 0.05) is 25.1 Å². The van der Waals surface area contributed by atoms with Crippen molar-refractivity contribution < 1.29 is 5.11 Å². The average molecular weight is 483 g/mol. The van der Waals surface area contributed by atoms with Gasteiger partial charge in [0.2, 0.25) is 0 Å². The zero-order chi connectivity index (χ0) is 13.1. The fourth-order valence-corrected chi connectivity index (χ4v) is 3.22. The van der Waals surface area contributed by atoms with Crippen molar-refractivity contribution in [1.82, 2.24) is 4.98 Å². The van der Waals surface area contributed by atoms with Crippen molar-refractivity contribution in [3.8, 4) is 0 Å². The van der Waals surface area contributed by atoms with E-state index in [-0.39, 0.29) is 0 Å². The Morgan fingerprint density at radius 3 is 2.50 bits per heavy atom. The van der Waals surface area contributed by atoms with Crippen LogP contribution in [-0.2, 0) is 6.42 Å². The minimum absolute atomic E-state index is 0.560. The summed E-state index contributed by atoms with van der Waals surface area (Å²) in [5.41, 5.74) is 1.76. The molecule has 18 heavy (non-hydrogen) atoms. The predicted octanol–water partition coefficient (Wildman–Crippen LogP) is 4.49. The Hall–Kier alpha value is 0.0200. The Balaban J connectivity index is 2.16. The molecule has 1 heterocycles. The van der Waals surface area contributed by atoms with Crippen LogP contribution in [0.4, 0.5) is 0 Å². The fourth-order valence-electron chi connectivity index (χ4n) is 1.61. The number of aliphatic hydroxyl groups excluding tert-OH is 1. The van der Waals surface area contributed by atoms with Crippen LogP contribution in [0, 0.1) is 3.57 Å². The van der Waals surface area contributed by atoms with Gasteiger partial charge >= 0.3 is 0 Å². The molecule has 1 unspecified atom stereocenters. The Labute approximate surface area is 136 Å². The molecule has 0 aliphatic carbocycles. The molecule has 2 nitrogen and oxygen atoms in total. The highest BCUT2D eigenvalue weighted by atomic mass is 127. The lowest BCUT2D eigenvalue weighted by molar-refractivity contribution is 0.172. The maximum Gasteiger partial charge on any atom is 0.101 e. The summed E-state index contributed by atoms with van der Waals surface area (Å²) in [5, 5.41) is 10.2. The number of hydrogen-bond donors (Lipinski definition) is 1. The van der Waals surface area contributed by atoms with Gasteiger partial charge in [0.05, 0.1) is 5.69 Å². The fraction of sp³-hybridized carbons (Fsp3) is 0.154. The lowest BCUT2D eigenvalue weighted by Gasteiger charge is -2.12. The Morgan fingerprint density at radius 1 is 1.22 bits per heavy atom. The molecule has 0 radical (unpaired) electrons. The molecule has 5 heteroatoms. The summed E-state index contributed by atoms with van der Waals surface area (Å²) in [7, 11) is 0. The quantitative estimate of drug-likeness (QED) is 0.654. The second-order valence-electron chi connectivity index (χ2n) is 3.87. The van der Waals surface area contributed by atoms with Gasteiger partial charge in [-0.05, 0) is 78.2 Å². The SMILES string of the molecule is OC(Cc1ccc(I)cc1)c1ncc(Br)cc1Br. The van der Waals surface area contributed by atoms with Crippen molar-refractivity contribution >= 4 is 54.5 Å². The van der Waals surface area contributed by atoms with E-state index in [1.54, 1.807) is 6.20 Å². The molecule has 2 aromatic rings. The maximum atomic E-state index is 10.2. The van der Waals surface area contributed by atoms with Crippen LogP contribution in [0.3, 0.4) is 0 Å². The van der Waals surface area contributed by atoms with Crippen LogP contribution in [0.2, 0.25) is 0 Å². The van der Waals surface area contributed by atoms with Crippen molar-refractivity contribution in [2.24, 2.45) is 0 Å². The topological polar surface area (TPSA) is 33.1 Å². The Kier molecular flexibility index (Phi) is 5.17. The van der Waals surface area contributed by atoms with Gasteiger partial charge in [0.25, 0.3) is 0 Å². The maximum absolute atomic E-state index is 10.2. The van der Waals surface area contributed by atoms with E-state index in [4.69, 9.17) is 0 Å². The minimum Gasteiger partial charge on any atom is -0.386 e. The average Bonchev–Trinajstić information content (AvgIpc) is 2.32. The summed E-state index contributed by atoms with van der Waals surface area (Å²) >= 11 is 9.03. The van der Waals surface area contributed by atoms with E-state index in [0.29, 0.717) is 12.1 Å². The van der Waals surface area contributed by atoms with Crippen molar-refractivity contribution in [3.63, 3.8) is 0 Å². The molecular formula is C13H10Br2INO. The zero-order valence-electron chi connectivity index (χ0n) is 9.28. The number of rotatable bonds is 3. The van der Waals surface area contributed by atoms with Crippen LogP contribution in [0.25, 0.3) is 0 Å². The third kappa shape index (κ3) is 3.76. The third-order valence-corrected chi connectivity index (χ3v) is 4.28. The summed E-state index contributed by atoms with van der Waals surface area (Å²) in [6.45, 7) is 0. The number of aliphatic hydroxyl groups is 1. The van der Waals surface area contributed by atoms with Gasteiger partial charge in [-0.15, -0.1) is 0 Å². The molecule has 1 N–H and O–H groups in total. The molecule has 1 aromatic heterocycles. The van der Waals surface area contributed by atoms with Gasteiger partial charge in [-0.2, -0.15) is 0 Å². The smallest absolute Gasteiger partial charge is 0.101 e. The summed E-state index contributed by atoms with van der Waals surface area (Å²) in [4.78, 5) is 4.25. The molecule has 1 atom stereocenters. The van der Waals surface area contributed by atoms with Crippen molar-refractivity contribution in [1.29, 1.82) is 0 Å². The van der Waals surface area contributed by atoms with Crippen LogP contribution < -0.4 is 0 Å². The van der Waals surface area contributed by atoms with Crippen LogP contribution in [-0.4, -0.2) is 10.1 Å². The molecular weight excluding hydrogens is 473 g/mol. The van der Waals surface area contributed by atoms with Gasteiger partial charge in [-0.25, -0.2) is 0 Å². The monoisotopic (exact) mass is 481 g/mol. The van der Waals surface area contributed by atoms with Gasteiger partial charge in [-0.3, -0.25) is 4.98 Å². The third-order valence-electron chi connectivity index (χ3n) is 2.49. The van der Waals surface area contributed by atoms with E-state index in [9.17, 15) is 5.11 Å². The van der Waals surface area contributed by atoms with E-state index in [1.165, 1.54) is 3.57 Å². The highest BCUT2D eigenvalue weighted by molar-refractivity contribution is 14.1. The second-order valence-corrected chi connectivity index (χ2v) is 6.88. The Morgan fingerprint density at radius 2 is 1.89 bits per heavy atom. The first kappa shape index (κ1) is 14.4. The molecule has 2 rings (SSSR count). The highest BCUT2D eigenvalue weighted by Gasteiger charge is 2.14. The van der Waals surface area contributed by atoms with Crippen LogP contribution >= 0.6 is 54.5 Å². The second kappa shape index (κ2) is 6.45. The van der Waals surface area contributed by atoms with Gasteiger partial charge < -0.3 is 5.11 Å². The van der Waals surface area contributed by atoms with E-state index < -0.39 is 6.10 Å². The number of benzene rings is 1. The lowest BCUT2D eigenvalue weighted by Crippen LogP contribution is -2.05. The number of nitrogens with zero attached hydrogens (tertiary/aromatic N) is 1. The van der Waals surface area contributed by atoms with Gasteiger partial charge in [0.1, 0.15) is 6.10 Å². The van der Waals surface area contributed by atoms with Crippen LogP contribution in [0.5, 0.6) is 0 Å². The largest absolute Gasteiger partial charge is 0.386 e. The van der Waals surface area contributed by atoms with E-state index in [2.05, 4.69) is 59.4 Å². The first-order chi connectivity index (χ1) is 8.56. The molecule has 0 fully saturated rings. The molecule has 0 aliphatic rings.